The normalized spacial score (nSPS) is 15.1. The number of carbonyl (C=O) groups is 1. The van der Waals surface area contributed by atoms with E-state index in [0.717, 1.165) is 5.56 Å². The highest BCUT2D eigenvalue weighted by Gasteiger charge is 2.30. The Labute approximate surface area is 195 Å². The van der Waals surface area contributed by atoms with Crippen molar-refractivity contribution in [1.29, 1.82) is 0 Å². The molecule has 0 radical (unpaired) electrons. The zero-order valence-corrected chi connectivity index (χ0v) is 19.4. The molecule has 1 aromatic heterocycles. The third kappa shape index (κ3) is 5.50. The molecular formula is C21H21ClN4O4S2. The minimum Gasteiger partial charge on any atom is -0.416 e. The number of amides is 1. The van der Waals surface area contributed by atoms with E-state index >= 15 is 0 Å². The molecule has 8 nitrogen and oxygen atoms in total. The van der Waals surface area contributed by atoms with Gasteiger partial charge in [0.2, 0.25) is 21.8 Å². The van der Waals surface area contributed by atoms with Crippen LogP contribution in [-0.2, 0) is 21.2 Å². The standard InChI is InChI=1S/C21H21ClN4O4S2/c22-17-6-8-18(9-7-17)32(28,29)26-12-10-25(11-13-26)20(27)15-31-21-24-23-19(30-21)14-16-4-2-1-3-5-16/h1-9H,10-15H2. The van der Waals surface area contributed by atoms with Gasteiger partial charge in [-0.2, -0.15) is 4.31 Å². The zero-order valence-electron chi connectivity index (χ0n) is 17.1. The summed E-state index contributed by atoms with van der Waals surface area (Å²) in [5.74, 6) is 0.546. The molecule has 1 aliphatic rings. The minimum absolute atomic E-state index is 0.0960. The van der Waals surface area contributed by atoms with Crippen molar-refractivity contribution >= 4 is 39.3 Å². The number of halogens is 1. The lowest BCUT2D eigenvalue weighted by atomic mass is 10.2. The summed E-state index contributed by atoms with van der Waals surface area (Å²) in [5.41, 5.74) is 1.06. The van der Waals surface area contributed by atoms with Gasteiger partial charge < -0.3 is 9.32 Å². The Hall–Kier alpha value is -2.40. The van der Waals surface area contributed by atoms with E-state index < -0.39 is 10.0 Å². The summed E-state index contributed by atoms with van der Waals surface area (Å²) in [6.45, 7) is 1.14. The molecule has 32 heavy (non-hydrogen) atoms. The van der Waals surface area contributed by atoms with Crippen molar-refractivity contribution in [2.75, 3.05) is 31.9 Å². The molecule has 0 spiro atoms. The molecule has 11 heteroatoms. The number of nitrogens with zero attached hydrogens (tertiary/aromatic N) is 4. The molecule has 0 atom stereocenters. The number of benzene rings is 2. The first-order valence-corrected chi connectivity index (χ1v) is 12.7. The molecular weight excluding hydrogens is 472 g/mol. The van der Waals surface area contributed by atoms with Crippen molar-refractivity contribution in [1.82, 2.24) is 19.4 Å². The second-order valence-electron chi connectivity index (χ2n) is 7.15. The van der Waals surface area contributed by atoms with Gasteiger partial charge in [0.05, 0.1) is 17.1 Å². The van der Waals surface area contributed by atoms with Gasteiger partial charge >= 0.3 is 0 Å². The Balaban J connectivity index is 1.26. The van der Waals surface area contributed by atoms with E-state index in [9.17, 15) is 13.2 Å². The van der Waals surface area contributed by atoms with Gasteiger partial charge in [-0.1, -0.05) is 53.7 Å². The van der Waals surface area contributed by atoms with Crippen LogP contribution in [-0.4, -0.2) is 65.7 Å². The summed E-state index contributed by atoms with van der Waals surface area (Å²) < 4.78 is 32.5. The Morgan fingerprint density at radius 3 is 2.38 bits per heavy atom. The second kappa shape index (κ2) is 10.0. The predicted octanol–water partition coefficient (Wildman–Crippen LogP) is 2.94. The van der Waals surface area contributed by atoms with Gasteiger partial charge in [-0.15, -0.1) is 10.2 Å². The molecule has 3 aromatic rings. The van der Waals surface area contributed by atoms with E-state index in [2.05, 4.69) is 10.2 Å². The summed E-state index contributed by atoms with van der Waals surface area (Å²) in [6.07, 6.45) is 0.534. The quantitative estimate of drug-likeness (QED) is 0.468. The maximum absolute atomic E-state index is 12.8. The topological polar surface area (TPSA) is 96.6 Å². The molecule has 0 unspecified atom stereocenters. The second-order valence-corrected chi connectivity index (χ2v) is 10.5. The van der Waals surface area contributed by atoms with Crippen LogP contribution in [0.15, 0.2) is 69.1 Å². The number of rotatable bonds is 7. The lowest BCUT2D eigenvalue weighted by Gasteiger charge is -2.33. The number of hydrogen-bond donors (Lipinski definition) is 0. The molecule has 1 saturated heterocycles. The SMILES string of the molecule is O=C(CSc1nnc(Cc2ccccc2)o1)N1CCN(S(=O)(=O)c2ccc(Cl)cc2)CC1. The van der Waals surface area contributed by atoms with Gasteiger partial charge in [0, 0.05) is 31.2 Å². The zero-order chi connectivity index (χ0) is 22.6. The van der Waals surface area contributed by atoms with Crippen LogP contribution >= 0.6 is 23.4 Å². The molecule has 0 N–H and O–H groups in total. The van der Waals surface area contributed by atoms with Crippen molar-refractivity contribution in [3.8, 4) is 0 Å². The smallest absolute Gasteiger partial charge is 0.277 e. The van der Waals surface area contributed by atoms with Crippen LogP contribution in [0.4, 0.5) is 0 Å². The number of sulfonamides is 1. The van der Waals surface area contributed by atoms with Crippen LogP contribution in [0.5, 0.6) is 0 Å². The Bertz CT molecular complexity index is 1160. The minimum atomic E-state index is -3.61. The molecule has 2 aromatic carbocycles. The Morgan fingerprint density at radius 1 is 1.00 bits per heavy atom. The average Bonchev–Trinajstić information content (AvgIpc) is 3.26. The Kier molecular flexibility index (Phi) is 7.14. The molecule has 0 saturated carbocycles. The molecule has 2 heterocycles. The molecule has 0 bridgehead atoms. The largest absolute Gasteiger partial charge is 0.416 e. The molecule has 4 rings (SSSR count). The van der Waals surface area contributed by atoms with Crippen LogP contribution in [0.3, 0.4) is 0 Å². The molecule has 1 fully saturated rings. The maximum Gasteiger partial charge on any atom is 0.277 e. The van der Waals surface area contributed by atoms with E-state index in [4.69, 9.17) is 16.0 Å². The van der Waals surface area contributed by atoms with Gasteiger partial charge in [0.1, 0.15) is 0 Å². The van der Waals surface area contributed by atoms with E-state index in [-0.39, 0.29) is 29.6 Å². The number of piperazine rings is 1. The Morgan fingerprint density at radius 2 is 1.69 bits per heavy atom. The van der Waals surface area contributed by atoms with Crippen molar-refractivity contribution in [2.24, 2.45) is 0 Å². The third-order valence-corrected chi connectivity index (χ3v) is 7.98. The van der Waals surface area contributed by atoms with Crippen molar-refractivity contribution in [3.05, 3.63) is 71.1 Å². The van der Waals surface area contributed by atoms with Gasteiger partial charge in [-0.3, -0.25) is 4.79 Å². The fraction of sp³-hybridized carbons (Fsp3) is 0.286. The van der Waals surface area contributed by atoms with Crippen molar-refractivity contribution in [2.45, 2.75) is 16.5 Å². The van der Waals surface area contributed by atoms with Crippen LogP contribution in [0.25, 0.3) is 0 Å². The van der Waals surface area contributed by atoms with Crippen molar-refractivity contribution < 1.29 is 17.6 Å². The molecule has 0 aliphatic carbocycles. The van der Waals surface area contributed by atoms with Crippen LogP contribution in [0.1, 0.15) is 11.5 Å². The first kappa shape index (κ1) is 22.8. The van der Waals surface area contributed by atoms with Gasteiger partial charge in [-0.25, -0.2) is 8.42 Å². The lowest BCUT2D eigenvalue weighted by molar-refractivity contribution is -0.129. The maximum atomic E-state index is 12.8. The number of hydrogen-bond acceptors (Lipinski definition) is 7. The van der Waals surface area contributed by atoms with Crippen LogP contribution in [0, 0.1) is 0 Å². The summed E-state index contributed by atoms with van der Waals surface area (Å²) in [5, 5.41) is 8.84. The van der Waals surface area contributed by atoms with E-state index in [1.165, 1.54) is 28.2 Å². The van der Waals surface area contributed by atoms with Crippen LogP contribution in [0.2, 0.25) is 5.02 Å². The van der Waals surface area contributed by atoms with Crippen molar-refractivity contribution in [3.63, 3.8) is 0 Å². The van der Waals surface area contributed by atoms with E-state index in [0.29, 0.717) is 35.6 Å². The van der Waals surface area contributed by atoms with E-state index in [1.54, 1.807) is 17.0 Å². The average molecular weight is 493 g/mol. The molecule has 168 valence electrons. The highest BCUT2D eigenvalue weighted by Crippen LogP contribution is 2.21. The highest BCUT2D eigenvalue weighted by molar-refractivity contribution is 7.99. The highest BCUT2D eigenvalue weighted by atomic mass is 35.5. The first-order valence-electron chi connectivity index (χ1n) is 9.94. The molecule has 1 aliphatic heterocycles. The summed E-state index contributed by atoms with van der Waals surface area (Å²) in [6, 6.07) is 15.9. The van der Waals surface area contributed by atoms with Crippen LogP contribution < -0.4 is 0 Å². The van der Waals surface area contributed by atoms with E-state index in [1.807, 2.05) is 30.3 Å². The summed E-state index contributed by atoms with van der Waals surface area (Å²) in [4.78, 5) is 14.4. The predicted molar refractivity (Wildman–Crippen MR) is 121 cm³/mol. The number of aromatic nitrogens is 2. The summed E-state index contributed by atoms with van der Waals surface area (Å²) >= 11 is 7.03. The number of thioether (sulfide) groups is 1. The third-order valence-electron chi connectivity index (χ3n) is 5.01. The lowest BCUT2D eigenvalue weighted by Crippen LogP contribution is -2.50. The summed E-state index contributed by atoms with van der Waals surface area (Å²) in [7, 11) is -3.61. The number of carbonyl (C=O) groups excluding carboxylic acids is 1. The fourth-order valence-electron chi connectivity index (χ4n) is 3.29. The first-order chi connectivity index (χ1) is 15.4. The fourth-order valence-corrected chi connectivity index (χ4v) is 5.52. The molecule has 1 amide bonds. The van der Waals surface area contributed by atoms with Gasteiger partial charge in [0.25, 0.3) is 5.22 Å². The monoisotopic (exact) mass is 492 g/mol. The van der Waals surface area contributed by atoms with Gasteiger partial charge in [0.15, 0.2) is 0 Å². The van der Waals surface area contributed by atoms with Gasteiger partial charge in [-0.05, 0) is 29.8 Å².